The highest BCUT2D eigenvalue weighted by molar-refractivity contribution is 5.87. The highest BCUT2D eigenvalue weighted by Gasteiger charge is 2.16. The molecule has 24 heavy (non-hydrogen) atoms. The summed E-state index contributed by atoms with van der Waals surface area (Å²) in [5, 5.41) is 18.2. The number of aromatic carboxylic acids is 1. The van der Waals surface area contributed by atoms with Crippen LogP contribution in [0.3, 0.4) is 0 Å². The van der Waals surface area contributed by atoms with Gasteiger partial charge in [-0.15, -0.1) is 0 Å². The lowest BCUT2D eigenvalue weighted by atomic mass is 10.2. The van der Waals surface area contributed by atoms with Crippen LogP contribution < -0.4 is 4.74 Å². The van der Waals surface area contributed by atoms with E-state index >= 15 is 0 Å². The molecule has 118 valence electrons. The first-order valence-electron chi connectivity index (χ1n) is 6.85. The molecule has 0 fully saturated rings. The van der Waals surface area contributed by atoms with E-state index in [1.807, 2.05) is 6.92 Å². The molecule has 0 bridgehead atoms. The van der Waals surface area contributed by atoms with Gasteiger partial charge in [0.1, 0.15) is 5.75 Å². The molecule has 2 heterocycles. The van der Waals surface area contributed by atoms with E-state index in [1.165, 1.54) is 0 Å². The minimum Gasteiger partial charge on any atom is -0.476 e. The summed E-state index contributed by atoms with van der Waals surface area (Å²) in [4.78, 5) is 19.2. The van der Waals surface area contributed by atoms with Crippen LogP contribution in [0.5, 0.6) is 11.6 Å². The minimum atomic E-state index is -1.20. The number of carboxylic acids is 1. The number of nitrogens with one attached hydrogen (secondary N) is 1. The molecule has 8 heteroatoms. The molecule has 0 aliphatic heterocycles. The normalized spacial score (nSPS) is 9.88. The van der Waals surface area contributed by atoms with Crippen LogP contribution in [0, 0.1) is 18.8 Å². The number of carbonyl (C=O) groups is 1. The van der Waals surface area contributed by atoms with Gasteiger partial charge in [-0.2, -0.15) is 0 Å². The Balaban J connectivity index is 1.73. The second-order valence-corrected chi connectivity index (χ2v) is 4.76. The summed E-state index contributed by atoms with van der Waals surface area (Å²) < 4.78 is 5.38. The average Bonchev–Trinajstić information content (AvgIpc) is 3.04. The predicted octanol–water partition coefficient (Wildman–Crippen LogP) is 1.79. The SMILES string of the molecule is Cc1cnc(C#Cc2ccc(Oc3nn[nH]c3C(=O)O)cc2)nc1. The van der Waals surface area contributed by atoms with Gasteiger partial charge in [-0.05, 0) is 42.7 Å². The smallest absolute Gasteiger partial charge is 0.359 e. The zero-order chi connectivity index (χ0) is 16.9. The van der Waals surface area contributed by atoms with Crippen LogP contribution in [0.15, 0.2) is 36.7 Å². The first-order chi connectivity index (χ1) is 11.6. The number of benzene rings is 1. The van der Waals surface area contributed by atoms with Crippen molar-refractivity contribution in [3.8, 4) is 23.5 Å². The Morgan fingerprint density at radius 2 is 1.88 bits per heavy atom. The third kappa shape index (κ3) is 3.53. The summed E-state index contributed by atoms with van der Waals surface area (Å²) in [6.07, 6.45) is 3.40. The second kappa shape index (κ2) is 6.58. The van der Waals surface area contributed by atoms with Gasteiger partial charge in [0.2, 0.25) is 11.5 Å². The fourth-order valence-corrected chi connectivity index (χ4v) is 1.73. The van der Waals surface area contributed by atoms with Gasteiger partial charge in [0.15, 0.2) is 0 Å². The third-order valence-corrected chi connectivity index (χ3v) is 2.90. The van der Waals surface area contributed by atoms with E-state index in [0.717, 1.165) is 11.1 Å². The largest absolute Gasteiger partial charge is 0.476 e. The number of rotatable bonds is 3. The second-order valence-electron chi connectivity index (χ2n) is 4.76. The topological polar surface area (TPSA) is 114 Å². The zero-order valence-electron chi connectivity index (χ0n) is 12.5. The van der Waals surface area contributed by atoms with Gasteiger partial charge in [-0.1, -0.05) is 16.2 Å². The molecule has 0 spiro atoms. The molecule has 0 saturated carbocycles. The van der Waals surface area contributed by atoms with E-state index in [-0.39, 0.29) is 11.6 Å². The van der Waals surface area contributed by atoms with Gasteiger partial charge < -0.3 is 9.84 Å². The highest BCUT2D eigenvalue weighted by atomic mass is 16.5. The van der Waals surface area contributed by atoms with Gasteiger partial charge >= 0.3 is 5.97 Å². The maximum atomic E-state index is 10.9. The van der Waals surface area contributed by atoms with Crippen LogP contribution >= 0.6 is 0 Å². The van der Waals surface area contributed by atoms with Crippen LogP contribution in [-0.4, -0.2) is 36.5 Å². The molecule has 3 aromatic rings. The molecule has 2 aromatic heterocycles. The number of hydrogen-bond acceptors (Lipinski definition) is 6. The predicted molar refractivity (Wildman–Crippen MR) is 82.6 cm³/mol. The van der Waals surface area contributed by atoms with Crippen LogP contribution in [0.4, 0.5) is 0 Å². The standard InChI is InChI=1S/C16H11N5O3/c1-10-8-17-13(18-9-10)7-4-11-2-5-12(6-3-11)24-15-14(16(22)23)19-21-20-15/h2-3,5-6,8-9H,1H3,(H,22,23)(H,19,20,21). The lowest BCUT2D eigenvalue weighted by Gasteiger charge is -2.02. The Hall–Kier alpha value is -3.73. The summed E-state index contributed by atoms with van der Waals surface area (Å²) in [5.41, 5.74) is 1.50. The van der Waals surface area contributed by atoms with Crippen molar-refractivity contribution in [3.63, 3.8) is 0 Å². The van der Waals surface area contributed by atoms with Gasteiger partial charge in [0.05, 0.1) is 0 Å². The molecular formula is C16H11N5O3. The monoisotopic (exact) mass is 321 g/mol. The van der Waals surface area contributed by atoms with E-state index in [9.17, 15) is 4.79 Å². The molecule has 0 amide bonds. The van der Waals surface area contributed by atoms with Crippen LogP contribution in [0.25, 0.3) is 0 Å². The summed E-state index contributed by atoms with van der Waals surface area (Å²) in [7, 11) is 0. The Morgan fingerprint density at radius 1 is 1.17 bits per heavy atom. The molecule has 2 N–H and O–H groups in total. The Kier molecular flexibility index (Phi) is 4.16. The maximum absolute atomic E-state index is 10.9. The first kappa shape index (κ1) is 15.2. The highest BCUT2D eigenvalue weighted by Crippen LogP contribution is 2.21. The quantitative estimate of drug-likeness (QED) is 0.707. The fraction of sp³-hybridized carbons (Fsp3) is 0.0625. The van der Waals surface area contributed by atoms with Crippen molar-refractivity contribution in [2.24, 2.45) is 0 Å². The zero-order valence-corrected chi connectivity index (χ0v) is 12.5. The molecule has 1 aromatic carbocycles. The van der Waals surface area contributed by atoms with E-state index in [4.69, 9.17) is 9.84 Å². The van der Waals surface area contributed by atoms with Gasteiger partial charge in [0, 0.05) is 18.0 Å². The maximum Gasteiger partial charge on any atom is 0.359 e. The summed E-state index contributed by atoms with van der Waals surface area (Å²) in [5.74, 6) is 5.35. The van der Waals surface area contributed by atoms with Crippen LogP contribution in [0.1, 0.15) is 27.4 Å². The Labute approximate surface area is 136 Å². The van der Waals surface area contributed by atoms with E-state index in [0.29, 0.717) is 11.6 Å². The molecular weight excluding hydrogens is 310 g/mol. The molecule has 0 unspecified atom stereocenters. The number of aryl methyl sites for hydroxylation is 1. The number of nitrogens with zero attached hydrogens (tertiary/aromatic N) is 4. The number of aromatic amines is 1. The van der Waals surface area contributed by atoms with E-state index in [1.54, 1.807) is 36.7 Å². The number of hydrogen-bond donors (Lipinski definition) is 2. The van der Waals surface area contributed by atoms with Crippen molar-refractivity contribution in [3.05, 3.63) is 59.3 Å². The first-order valence-corrected chi connectivity index (χ1v) is 6.85. The molecule has 0 atom stereocenters. The molecule has 3 rings (SSSR count). The molecule has 8 nitrogen and oxygen atoms in total. The van der Waals surface area contributed by atoms with E-state index < -0.39 is 5.97 Å². The van der Waals surface area contributed by atoms with Crippen LogP contribution in [0.2, 0.25) is 0 Å². The van der Waals surface area contributed by atoms with Gasteiger partial charge in [0.25, 0.3) is 5.88 Å². The third-order valence-electron chi connectivity index (χ3n) is 2.90. The molecule has 0 aliphatic carbocycles. The van der Waals surface area contributed by atoms with Crippen molar-refractivity contribution in [2.45, 2.75) is 6.92 Å². The van der Waals surface area contributed by atoms with Gasteiger partial charge in [-0.25, -0.2) is 19.9 Å². The summed E-state index contributed by atoms with van der Waals surface area (Å²) >= 11 is 0. The Bertz CT molecular complexity index is 921. The van der Waals surface area contributed by atoms with Crippen molar-refractivity contribution in [1.82, 2.24) is 25.4 Å². The van der Waals surface area contributed by atoms with Crippen molar-refractivity contribution in [2.75, 3.05) is 0 Å². The molecule has 0 saturated heterocycles. The molecule has 0 aliphatic rings. The minimum absolute atomic E-state index is 0.102. The Morgan fingerprint density at radius 3 is 2.54 bits per heavy atom. The van der Waals surface area contributed by atoms with Crippen LogP contribution in [-0.2, 0) is 0 Å². The molecule has 0 radical (unpaired) electrons. The number of H-pyrrole nitrogens is 1. The van der Waals surface area contributed by atoms with Gasteiger partial charge in [-0.3, -0.25) is 0 Å². The summed E-state index contributed by atoms with van der Waals surface area (Å²) in [6.45, 7) is 1.90. The lowest BCUT2D eigenvalue weighted by molar-refractivity contribution is 0.0687. The van der Waals surface area contributed by atoms with E-state index in [2.05, 4.69) is 37.2 Å². The number of aromatic nitrogens is 5. The lowest BCUT2D eigenvalue weighted by Crippen LogP contribution is -1.99. The number of carboxylic acid groups (broad SMARTS) is 1. The number of ether oxygens (including phenoxy) is 1. The van der Waals surface area contributed by atoms with Crippen molar-refractivity contribution >= 4 is 5.97 Å². The van der Waals surface area contributed by atoms with Crippen molar-refractivity contribution < 1.29 is 14.6 Å². The summed E-state index contributed by atoms with van der Waals surface area (Å²) in [6, 6.07) is 6.77. The fourth-order valence-electron chi connectivity index (χ4n) is 1.73. The average molecular weight is 321 g/mol. The van der Waals surface area contributed by atoms with Crippen molar-refractivity contribution in [1.29, 1.82) is 0 Å².